The summed E-state index contributed by atoms with van der Waals surface area (Å²) in [7, 11) is 0. The first kappa shape index (κ1) is 30.7. The van der Waals surface area contributed by atoms with Crippen LogP contribution in [0, 0.1) is 13.8 Å². The summed E-state index contributed by atoms with van der Waals surface area (Å²) >= 11 is 0. The molecule has 3 aromatic carbocycles. The van der Waals surface area contributed by atoms with E-state index in [0.29, 0.717) is 0 Å². The number of benzene rings is 3. The predicted molar refractivity (Wildman–Crippen MR) is 157 cm³/mol. The van der Waals surface area contributed by atoms with Crippen molar-refractivity contribution in [1.29, 1.82) is 0 Å². The normalized spacial score (nSPS) is 9.38. The summed E-state index contributed by atoms with van der Waals surface area (Å²) < 4.78 is 0. The van der Waals surface area contributed by atoms with Gasteiger partial charge in [-0.1, -0.05) is 113 Å². The first-order valence-electron chi connectivity index (χ1n) is 12.3. The lowest BCUT2D eigenvalue weighted by Crippen LogP contribution is -1.96. The molecule has 182 valence electrons. The van der Waals surface area contributed by atoms with Crippen LogP contribution in [-0.2, 0) is 12.8 Å². The molecule has 0 saturated heterocycles. The molecule has 1 nitrogen and oxygen atoms in total. The molecule has 0 aliphatic rings. The highest BCUT2D eigenvalue weighted by atomic mass is 14.9. The van der Waals surface area contributed by atoms with E-state index in [4.69, 9.17) is 0 Å². The van der Waals surface area contributed by atoms with Gasteiger partial charge in [0.1, 0.15) is 0 Å². The molecule has 3 rings (SSSR count). The van der Waals surface area contributed by atoms with Crippen LogP contribution in [0.1, 0.15) is 62.4 Å². The average Bonchev–Trinajstić information content (AvgIpc) is 2.87. The van der Waals surface area contributed by atoms with Crippen molar-refractivity contribution in [3.63, 3.8) is 0 Å². The van der Waals surface area contributed by atoms with Gasteiger partial charge in [0.05, 0.1) is 0 Å². The molecule has 0 spiro atoms. The van der Waals surface area contributed by atoms with E-state index in [-0.39, 0.29) is 0 Å². The number of aryl methyl sites for hydroxylation is 4. The maximum atomic E-state index is 4.06. The molecule has 0 radical (unpaired) electrons. The number of allylic oxidation sites excluding steroid dienone is 2. The van der Waals surface area contributed by atoms with E-state index in [0.717, 1.165) is 24.2 Å². The Bertz CT molecular complexity index is 980. The fourth-order valence-electron chi connectivity index (χ4n) is 3.06. The summed E-state index contributed by atoms with van der Waals surface area (Å²) in [5.41, 5.74) is 8.58. The summed E-state index contributed by atoms with van der Waals surface area (Å²) in [6, 6.07) is 25.3. The van der Waals surface area contributed by atoms with E-state index in [1.807, 2.05) is 45.0 Å². The molecule has 0 amide bonds. The Balaban J connectivity index is 0.000000692. The maximum Gasteiger partial charge on any atom is 0.0413 e. The zero-order valence-corrected chi connectivity index (χ0v) is 22.5. The van der Waals surface area contributed by atoms with Gasteiger partial charge in [-0.25, -0.2) is 0 Å². The third kappa shape index (κ3) is 12.6. The second-order valence-electron chi connectivity index (χ2n) is 7.59. The van der Waals surface area contributed by atoms with Crippen LogP contribution in [0.2, 0.25) is 0 Å². The van der Waals surface area contributed by atoms with Gasteiger partial charge in [-0.3, -0.25) is 0 Å². The molecule has 0 fully saturated rings. The van der Waals surface area contributed by atoms with E-state index >= 15 is 0 Å². The Morgan fingerprint density at radius 3 is 1.91 bits per heavy atom. The quantitative estimate of drug-likeness (QED) is 0.288. The first-order valence-corrected chi connectivity index (χ1v) is 12.3. The van der Waals surface area contributed by atoms with E-state index in [9.17, 15) is 0 Å². The third-order valence-electron chi connectivity index (χ3n) is 4.92. The largest absolute Gasteiger partial charge is 0.356 e. The molecule has 0 bridgehead atoms. The average molecular weight is 456 g/mol. The zero-order chi connectivity index (χ0) is 25.8. The van der Waals surface area contributed by atoms with Crippen molar-refractivity contribution in [2.45, 2.75) is 61.3 Å². The van der Waals surface area contributed by atoms with Gasteiger partial charge in [0, 0.05) is 11.4 Å². The van der Waals surface area contributed by atoms with Crippen molar-refractivity contribution in [3.05, 3.63) is 132 Å². The standard InChI is InChI=1S/C20H23N.C8H10.C3H6.C2H6/c1-5-19-13-12-18(14-16(19)3)11-10-17(4)21-20-9-7-6-8-15(20)2;1-2-8-6-4-3-5-7-8;1-3-2;1-2/h6-14,21H,4-5H2,1-3H3;3-7H,2H2,1H3;3H,1H2,2H3;1-2H3/b11-10+;;;. The fraction of sp³-hybridized carbons (Fsp3) is 0.273. The first-order chi connectivity index (χ1) is 16.4. The minimum Gasteiger partial charge on any atom is -0.356 e. The van der Waals surface area contributed by atoms with Crippen molar-refractivity contribution in [2.75, 3.05) is 5.32 Å². The van der Waals surface area contributed by atoms with Crippen molar-refractivity contribution < 1.29 is 0 Å². The molecule has 0 heterocycles. The molecule has 0 atom stereocenters. The minimum absolute atomic E-state index is 0.890. The van der Waals surface area contributed by atoms with Crippen LogP contribution in [0.15, 0.2) is 104 Å². The Morgan fingerprint density at radius 1 is 0.824 bits per heavy atom. The molecule has 3 aromatic rings. The van der Waals surface area contributed by atoms with Crippen molar-refractivity contribution in [2.24, 2.45) is 0 Å². The Morgan fingerprint density at radius 2 is 1.41 bits per heavy atom. The van der Waals surface area contributed by atoms with E-state index < -0.39 is 0 Å². The lowest BCUT2D eigenvalue weighted by Gasteiger charge is -2.09. The van der Waals surface area contributed by atoms with Gasteiger partial charge >= 0.3 is 0 Å². The lowest BCUT2D eigenvalue weighted by atomic mass is 10.0. The van der Waals surface area contributed by atoms with E-state index in [1.54, 1.807) is 6.08 Å². The third-order valence-corrected chi connectivity index (χ3v) is 4.92. The van der Waals surface area contributed by atoms with Crippen LogP contribution in [0.3, 0.4) is 0 Å². The summed E-state index contributed by atoms with van der Waals surface area (Å²) in [6.07, 6.45) is 8.09. The van der Waals surface area contributed by atoms with Crippen LogP contribution in [0.4, 0.5) is 5.69 Å². The van der Waals surface area contributed by atoms with Crippen LogP contribution in [-0.4, -0.2) is 0 Å². The Labute approximate surface area is 210 Å². The number of para-hydroxylation sites is 1. The molecule has 1 heteroatoms. The molecule has 0 aromatic heterocycles. The minimum atomic E-state index is 0.890. The maximum absolute atomic E-state index is 4.06. The number of hydrogen-bond donors (Lipinski definition) is 1. The van der Waals surface area contributed by atoms with Crippen LogP contribution in [0.25, 0.3) is 6.08 Å². The fourth-order valence-corrected chi connectivity index (χ4v) is 3.06. The predicted octanol–water partition coefficient (Wildman–Crippen LogP) is 9.97. The highest BCUT2D eigenvalue weighted by Crippen LogP contribution is 2.17. The highest BCUT2D eigenvalue weighted by Gasteiger charge is 1.98. The summed E-state index contributed by atoms with van der Waals surface area (Å²) in [4.78, 5) is 0. The van der Waals surface area contributed by atoms with Gasteiger partial charge < -0.3 is 5.32 Å². The second kappa shape index (κ2) is 19.2. The number of nitrogens with one attached hydrogen (secondary N) is 1. The van der Waals surface area contributed by atoms with Crippen molar-refractivity contribution in [1.82, 2.24) is 0 Å². The van der Waals surface area contributed by atoms with Gasteiger partial charge in [0.25, 0.3) is 0 Å². The smallest absolute Gasteiger partial charge is 0.0413 e. The summed E-state index contributed by atoms with van der Waals surface area (Å²) in [6.45, 7) is 21.9. The molecule has 1 N–H and O–H groups in total. The van der Waals surface area contributed by atoms with Crippen molar-refractivity contribution in [3.8, 4) is 0 Å². The molecule has 0 saturated carbocycles. The van der Waals surface area contributed by atoms with Gasteiger partial charge in [-0.2, -0.15) is 0 Å². The number of rotatable bonds is 6. The van der Waals surface area contributed by atoms with Gasteiger partial charge in [0.2, 0.25) is 0 Å². The van der Waals surface area contributed by atoms with Crippen LogP contribution in [0.5, 0.6) is 0 Å². The monoisotopic (exact) mass is 455 g/mol. The molecular weight excluding hydrogens is 410 g/mol. The molecule has 0 aliphatic heterocycles. The Hall–Kier alpha value is -3.32. The topological polar surface area (TPSA) is 12.0 Å². The molecule has 0 aliphatic carbocycles. The van der Waals surface area contributed by atoms with E-state index in [1.165, 1.54) is 27.8 Å². The van der Waals surface area contributed by atoms with Gasteiger partial charge in [0.15, 0.2) is 0 Å². The summed E-state index contributed by atoms with van der Waals surface area (Å²) in [5.74, 6) is 0. The zero-order valence-electron chi connectivity index (χ0n) is 22.5. The molecular formula is C33H45N. The molecule has 34 heavy (non-hydrogen) atoms. The van der Waals surface area contributed by atoms with Gasteiger partial charge in [-0.15, -0.1) is 6.58 Å². The van der Waals surface area contributed by atoms with Crippen LogP contribution >= 0.6 is 0 Å². The highest BCUT2D eigenvalue weighted by molar-refractivity contribution is 5.60. The molecule has 0 unspecified atom stereocenters. The van der Waals surface area contributed by atoms with Crippen LogP contribution < -0.4 is 5.32 Å². The SMILES string of the molecule is C=C(/C=C/c1ccc(CC)c(C)c1)Nc1ccccc1C.C=CC.CC.CCc1ccccc1. The summed E-state index contributed by atoms with van der Waals surface area (Å²) in [5, 5.41) is 3.34. The van der Waals surface area contributed by atoms with Gasteiger partial charge in [-0.05, 0) is 73.6 Å². The Kier molecular flexibility index (Phi) is 17.3. The lowest BCUT2D eigenvalue weighted by molar-refractivity contribution is 1.11. The number of anilines is 1. The number of hydrogen-bond acceptors (Lipinski definition) is 1. The van der Waals surface area contributed by atoms with Crippen molar-refractivity contribution >= 4 is 11.8 Å². The van der Waals surface area contributed by atoms with E-state index in [2.05, 4.69) is 107 Å². The second-order valence-corrected chi connectivity index (χ2v) is 7.59.